The maximum Gasteiger partial charge on any atom is 0.280 e. The average Bonchev–Trinajstić information content (AvgIpc) is 3.62. The zero-order chi connectivity index (χ0) is 28.6. The lowest BCUT2D eigenvalue weighted by molar-refractivity contribution is -0.417. The molecule has 6 rings (SSSR count). The molecule has 0 saturated heterocycles. The molecule has 4 aliphatic rings. The third-order valence-electron chi connectivity index (χ3n) is 9.16. The van der Waals surface area contributed by atoms with Gasteiger partial charge in [-0.2, -0.15) is 9.97 Å². The maximum atomic E-state index is 3.94. The largest absolute Gasteiger partial charge is 0.361 e. The second kappa shape index (κ2) is 11.6. The molecule has 0 atom stereocenters. The van der Waals surface area contributed by atoms with Gasteiger partial charge in [-0.3, -0.25) is 0 Å². The highest BCUT2D eigenvalue weighted by Crippen LogP contribution is 2.40. The molecule has 2 aromatic heterocycles. The fourth-order valence-electron chi connectivity index (χ4n) is 7.32. The second-order valence-electron chi connectivity index (χ2n) is 11.0. The summed E-state index contributed by atoms with van der Waals surface area (Å²) in [5.74, 6) is 0. The second-order valence-corrected chi connectivity index (χ2v) is 11.0. The fraction of sp³-hybridized carbons (Fsp3) is 0.444. The van der Waals surface area contributed by atoms with Gasteiger partial charge in [0.2, 0.25) is 11.4 Å². The van der Waals surface area contributed by atoms with E-state index in [2.05, 4.69) is 99.7 Å². The molecule has 210 valence electrons. The smallest absolute Gasteiger partial charge is 0.280 e. The predicted molar refractivity (Wildman–Crippen MR) is 171 cm³/mol. The lowest BCUT2D eigenvalue weighted by atomic mass is 9.92. The average molecular weight is 537 g/mol. The molecule has 4 nitrogen and oxygen atoms in total. The van der Waals surface area contributed by atoms with Crippen molar-refractivity contribution in [3.05, 3.63) is 69.6 Å². The Bertz CT molecular complexity index is 1620. The zero-order valence-corrected chi connectivity index (χ0v) is 26.0. The van der Waals surface area contributed by atoms with Gasteiger partial charge in [-0.05, 0) is 85.3 Å². The Morgan fingerprint density at radius 2 is 0.975 bits per heavy atom. The number of H-pyrrole nitrogens is 4. The first-order chi connectivity index (χ1) is 19.5. The Balaban J connectivity index is 2.04. The van der Waals surface area contributed by atoms with Crippen LogP contribution in [0, 0.1) is 0 Å². The number of hydrogen-bond acceptors (Lipinski definition) is 0. The normalized spacial score (nSPS) is 14.5. The van der Waals surface area contributed by atoms with Gasteiger partial charge in [-0.25, -0.2) is 0 Å². The molecule has 6 heterocycles. The van der Waals surface area contributed by atoms with Gasteiger partial charge < -0.3 is 9.97 Å². The van der Waals surface area contributed by atoms with Crippen molar-refractivity contribution in [2.24, 2.45) is 0 Å². The summed E-state index contributed by atoms with van der Waals surface area (Å²) in [6, 6.07) is 7.15. The summed E-state index contributed by atoms with van der Waals surface area (Å²) in [5, 5.41) is 0. The van der Waals surface area contributed by atoms with Crippen LogP contribution in [0.2, 0.25) is 0 Å². The van der Waals surface area contributed by atoms with Gasteiger partial charge >= 0.3 is 0 Å². The first-order valence-electron chi connectivity index (χ1n) is 15.8. The summed E-state index contributed by atoms with van der Waals surface area (Å²) in [5.41, 5.74) is 21.5. The molecular weight excluding hydrogens is 488 g/mol. The quantitative estimate of drug-likeness (QED) is 0.338. The predicted octanol–water partition coefficient (Wildman–Crippen LogP) is 9.19. The molecule has 0 saturated carbocycles. The Kier molecular flexibility index (Phi) is 8.16. The highest BCUT2D eigenvalue weighted by molar-refractivity contribution is 5.98. The van der Waals surface area contributed by atoms with Crippen LogP contribution in [-0.2, 0) is 12.8 Å². The SMILES string of the molecule is CCC1=C(CC)c2cc3[nH+]c(c4[nH+]c(cc5[nH]c(cc1c[nH]2)c(CC)c5CC)C(CC)=C4CC)C(CC)=C3CC. The van der Waals surface area contributed by atoms with Crippen molar-refractivity contribution in [1.29, 1.82) is 0 Å². The summed E-state index contributed by atoms with van der Waals surface area (Å²) in [6.07, 6.45) is 10.3. The van der Waals surface area contributed by atoms with E-state index in [9.17, 15) is 0 Å². The molecule has 0 amide bonds. The van der Waals surface area contributed by atoms with E-state index in [0.29, 0.717) is 0 Å². The van der Waals surface area contributed by atoms with Crippen molar-refractivity contribution in [2.75, 3.05) is 0 Å². The third kappa shape index (κ3) is 4.46. The standard InChI is InChI=1S/C36H46N4/c1-9-22-21-17-31-24(11-3)25(12-4)32(38-31)19-34-27(14-6)29(16-8)36(40-34)35-28(15-7)26(13-5)33(39-35)18-30(37-20-21)23(22)10-2/h17-20,37-38H,9-16H2,1-8H3/p+2. The van der Waals surface area contributed by atoms with E-state index in [0.717, 1.165) is 51.4 Å². The number of fused-ring (bicyclic) bond motifs is 1. The highest BCUT2D eigenvalue weighted by atomic mass is 14.8. The van der Waals surface area contributed by atoms with Crippen molar-refractivity contribution < 1.29 is 9.97 Å². The van der Waals surface area contributed by atoms with Gasteiger partial charge in [-0.15, -0.1) is 0 Å². The number of allylic oxidation sites excluding steroid dienone is 6. The van der Waals surface area contributed by atoms with Crippen LogP contribution in [0.25, 0.3) is 44.5 Å². The molecule has 0 fully saturated rings. The van der Waals surface area contributed by atoms with Crippen LogP contribution in [0.1, 0.15) is 139 Å². The molecule has 2 aromatic rings. The van der Waals surface area contributed by atoms with Crippen molar-refractivity contribution in [1.82, 2.24) is 9.97 Å². The summed E-state index contributed by atoms with van der Waals surface area (Å²) in [6.45, 7) is 18.3. The molecule has 8 bridgehead atoms. The number of rotatable bonds is 8. The minimum absolute atomic E-state index is 0.993. The molecule has 0 spiro atoms. The lowest BCUT2D eigenvalue weighted by Crippen LogP contribution is -2.17. The van der Waals surface area contributed by atoms with E-state index < -0.39 is 0 Å². The van der Waals surface area contributed by atoms with Gasteiger partial charge in [0.05, 0.1) is 0 Å². The summed E-state index contributed by atoms with van der Waals surface area (Å²) >= 11 is 0. The Labute approximate surface area is 240 Å². The zero-order valence-electron chi connectivity index (χ0n) is 26.0. The van der Waals surface area contributed by atoms with Crippen molar-refractivity contribution >= 4 is 44.5 Å². The molecule has 0 radical (unpaired) electrons. The Morgan fingerprint density at radius 1 is 0.500 bits per heavy atom. The van der Waals surface area contributed by atoms with Crippen LogP contribution in [0.15, 0.2) is 24.4 Å². The number of nitrogens with one attached hydrogen (secondary N) is 4. The van der Waals surface area contributed by atoms with E-state index in [1.807, 2.05) is 0 Å². The maximum absolute atomic E-state index is 3.94. The monoisotopic (exact) mass is 536 g/mol. The van der Waals surface area contributed by atoms with Gasteiger partial charge in [0, 0.05) is 57.3 Å². The van der Waals surface area contributed by atoms with Gasteiger partial charge in [0.1, 0.15) is 0 Å². The van der Waals surface area contributed by atoms with E-state index in [1.54, 1.807) is 0 Å². The summed E-state index contributed by atoms with van der Waals surface area (Å²) in [7, 11) is 0. The van der Waals surface area contributed by atoms with Crippen molar-refractivity contribution in [3.8, 4) is 0 Å². The van der Waals surface area contributed by atoms with E-state index in [4.69, 9.17) is 0 Å². The summed E-state index contributed by atoms with van der Waals surface area (Å²) < 4.78 is 0. The molecule has 0 aromatic carbocycles. The van der Waals surface area contributed by atoms with E-state index in [-0.39, 0.29) is 0 Å². The molecule has 4 N–H and O–H groups in total. The van der Waals surface area contributed by atoms with Crippen LogP contribution < -0.4 is 9.97 Å². The number of aromatic nitrogens is 4. The minimum Gasteiger partial charge on any atom is -0.361 e. The molecule has 0 unspecified atom stereocenters. The number of aromatic amines is 4. The molecule has 4 heteroatoms. The van der Waals surface area contributed by atoms with Crippen LogP contribution in [-0.4, -0.2) is 9.97 Å². The summed E-state index contributed by atoms with van der Waals surface area (Å²) in [4.78, 5) is 15.5. The van der Waals surface area contributed by atoms with Crippen molar-refractivity contribution in [2.45, 2.75) is 107 Å². The van der Waals surface area contributed by atoms with Gasteiger partial charge in [-0.1, -0.05) is 55.4 Å². The van der Waals surface area contributed by atoms with Gasteiger partial charge in [0.25, 0.3) is 11.4 Å². The van der Waals surface area contributed by atoms with Crippen LogP contribution in [0.4, 0.5) is 0 Å². The van der Waals surface area contributed by atoms with Crippen LogP contribution in [0.5, 0.6) is 0 Å². The molecule has 0 aliphatic carbocycles. The third-order valence-corrected chi connectivity index (χ3v) is 9.16. The van der Waals surface area contributed by atoms with Crippen LogP contribution >= 0.6 is 0 Å². The number of aryl methyl sites for hydroxylation is 2. The van der Waals surface area contributed by atoms with Crippen molar-refractivity contribution in [3.63, 3.8) is 0 Å². The Hall–Kier alpha value is -3.40. The highest BCUT2D eigenvalue weighted by Gasteiger charge is 2.36. The Morgan fingerprint density at radius 3 is 1.45 bits per heavy atom. The van der Waals surface area contributed by atoms with E-state index >= 15 is 0 Å². The topological polar surface area (TPSA) is 59.9 Å². The first-order valence-corrected chi connectivity index (χ1v) is 15.8. The molecule has 40 heavy (non-hydrogen) atoms. The molecular formula is C36H48N4+2. The van der Waals surface area contributed by atoms with Gasteiger partial charge in [0.15, 0.2) is 0 Å². The van der Waals surface area contributed by atoms with Crippen LogP contribution in [0.3, 0.4) is 0 Å². The van der Waals surface area contributed by atoms with E-state index in [1.165, 1.54) is 89.6 Å². The number of hydrogen-bond donors (Lipinski definition) is 2. The fourth-order valence-corrected chi connectivity index (χ4v) is 7.32. The first kappa shape index (κ1) is 28.1. The minimum atomic E-state index is 0.993. The lowest BCUT2D eigenvalue weighted by Gasteiger charge is -2.16. The molecule has 4 aliphatic heterocycles.